The first kappa shape index (κ1) is 17.3. The number of rotatable bonds is 6. The van der Waals surface area contributed by atoms with Gasteiger partial charge in [0.05, 0.1) is 5.57 Å². The van der Waals surface area contributed by atoms with Gasteiger partial charge in [0.15, 0.2) is 11.5 Å². The Morgan fingerprint density at radius 1 is 1.26 bits per heavy atom. The summed E-state index contributed by atoms with van der Waals surface area (Å²) >= 11 is 0. The lowest BCUT2D eigenvalue weighted by Crippen LogP contribution is -2.27. The molecule has 0 unspecified atom stereocenters. The number of ketones is 2. The summed E-state index contributed by atoms with van der Waals surface area (Å²) < 4.78 is 0. The Labute approximate surface area is 136 Å². The van der Waals surface area contributed by atoms with Gasteiger partial charge in [-0.3, -0.25) is 9.59 Å². The van der Waals surface area contributed by atoms with E-state index in [4.69, 9.17) is 0 Å². The summed E-state index contributed by atoms with van der Waals surface area (Å²) in [4.78, 5) is 36.2. The monoisotopic (exact) mass is 317 g/mol. The van der Waals surface area contributed by atoms with E-state index in [1.807, 2.05) is 19.9 Å². The molecule has 0 heterocycles. The van der Waals surface area contributed by atoms with Crippen molar-refractivity contribution >= 4 is 11.6 Å². The molecule has 0 bridgehead atoms. The van der Waals surface area contributed by atoms with Gasteiger partial charge in [0.1, 0.15) is 0 Å². The number of hydrogen-bond donors (Lipinski definition) is 1. The zero-order valence-corrected chi connectivity index (χ0v) is 13.7. The lowest BCUT2D eigenvalue weighted by Gasteiger charge is -2.25. The molecule has 0 aromatic carbocycles. The summed E-state index contributed by atoms with van der Waals surface area (Å²) in [5.41, 5.74) is 0.926. The molecular formula is C18H23NO4. The van der Waals surface area contributed by atoms with E-state index >= 15 is 0 Å². The average Bonchev–Trinajstić information content (AvgIpc) is 2.53. The maximum Gasteiger partial charge on any atom is 0.226 e. The van der Waals surface area contributed by atoms with Crippen LogP contribution in [0.2, 0.25) is 0 Å². The van der Waals surface area contributed by atoms with Crippen LogP contribution in [0.25, 0.3) is 0 Å². The highest BCUT2D eigenvalue weighted by Gasteiger charge is 2.38. The van der Waals surface area contributed by atoms with Gasteiger partial charge in [0, 0.05) is 11.5 Å². The fraction of sp³-hybridized carbons (Fsp3) is 0.556. The number of carbonyl (C=O) groups excluding carboxylic acids is 2. The number of carbonyl (C=O) groups is 2. The maximum absolute atomic E-state index is 12.6. The van der Waals surface area contributed by atoms with E-state index < -0.39 is 17.3 Å². The molecule has 0 fully saturated rings. The highest BCUT2D eigenvalue weighted by Crippen LogP contribution is 2.36. The lowest BCUT2D eigenvalue weighted by atomic mass is 9.78. The number of hydrogen-bond acceptors (Lipinski definition) is 5. The third-order valence-corrected chi connectivity index (χ3v) is 4.55. The number of unbranched alkanes of at least 4 members (excludes halogenated alkanes) is 2. The summed E-state index contributed by atoms with van der Waals surface area (Å²) in [6.45, 7) is 3.98. The van der Waals surface area contributed by atoms with Crippen LogP contribution in [0.3, 0.4) is 0 Å². The van der Waals surface area contributed by atoms with E-state index in [1.54, 1.807) is 0 Å². The predicted molar refractivity (Wildman–Crippen MR) is 87.7 cm³/mol. The second-order valence-corrected chi connectivity index (χ2v) is 6.31. The first-order chi connectivity index (χ1) is 11.0. The number of aliphatic hydroxyl groups is 1. The molecule has 23 heavy (non-hydrogen) atoms. The van der Waals surface area contributed by atoms with Gasteiger partial charge in [0.2, 0.25) is 11.6 Å². The van der Waals surface area contributed by atoms with Crippen LogP contribution in [-0.4, -0.2) is 16.7 Å². The van der Waals surface area contributed by atoms with Crippen LogP contribution in [-0.2, 0) is 9.59 Å². The minimum absolute atomic E-state index is 0.0443. The number of nitroso groups, excluding NO2 is 1. The van der Waals surface area contributed by atoms with Crippen LogP contribution in [0.4, 0.5) is 0 Å². The van der Waals surface area contributed by atoms with Crippen molar-refractivity contribution in [3.05, 3.63) is 39.2 Å². The Morgan fingerprint density at radius 3 is 2.61 bits per heavy atom. The highest BCUT2D eigenvalue weighted by molar-refractivity contribution is 6.24. The molecule has 2 aliphatic carbocycles. The minimum atomic E-state index is -0.609. The Morgan fingerprint density at radius 2 is 2.00 bits per heavy atom. The molecule has 0 radical (unpaired) electrons. The number of allylic oxidation sites excluding steroid dienone is 4. The largest absolute Gasteiger partial charge is 0.504 e. The van der Waals surface area contributed by atoms with E-state index in [0.29, 0.717) is 19.3 Å². The Kier molecular flexibility index (Phi) is 5.64. The van der Waals surface area contributed by atoms with Crippen LogP contribution in [0.15, 0.2) is 39.4 Å². The molecule has 5 heteroatoms. The Balaban J connectivity index is 2.37. The highest BCUT2D eigenvalue weighted by atomic mass is 16.3. The molecule has 0 aromatic heterocycles. The summed E-state index contributed by atoms with van der Waals surface area (Å²) in [5.74, 6) is -2.00. The molecule has 0 spiro atoms. The van der Waals surface area contributed by atoms with Gasteiger partial charge >= 0.3 is 0 Å². The van der Waals surface area contributed by atoms with Crippen LogP contribution in [0.5, 0.6) is 0 Å². The van der Waals surface area contributed by atoms with Gasteiger partial charge in [-0.25, -0.2) is 0 Å². The Hall–Kier alpha value is -2.04. The molecule has 1 atom stereocenters. The average molecular weight is 317 g/mol. The summed E-state index contributed by atoms with van der Waals surface area (Å²) in [6.07, 6.45) is 7.27. The standard InChI is InChI=1S/C18H23NO4/c1-3-4-5-9-13-15(19-23)17(21)14(18(22)16(13)20)12-8-6-7-11(2)10-12/h10,12,22H,3-9H2,1-2H3/t12-/m0/s1. The molecule has 5 nitrogen and oxygen atoms in total. The third kappa shape index (κ3) is 3.49. The molecule has 2 aliphatic rings. The molecule has 1 N–H and O–H groups in total. The molecule has 124 valence electrons. The molecule has 2 rings (SSSR count). The van der Waals surface area contributed by atoms with Crippen LogP contribution < -0.4 is 0 Å². The first-order valence-electron chi connectivity index (χ1n) is 8.27. The second kappa shape index (κ2) is 7.49. The first-order valence-corrected chi connectivity index (χ1v) is 8.27. The number of aliphatic hydroxyl groups excluding tert-OH is 1. The van der Waals surface area contributed by atoms with Gasteiger partial charge in [-0.05, 0) is 44.2 Å². The topological polar surface area (TPSA) is 83.8 Å². The summed E-state index contributed by atoms with van der Waals surface area (Å²) in [5, 5.41) is 13.1. The van der Waals surface area contributed by atoms with Crippen molar-refractivity contribution in [3.63, 3.8) is 0 Å². The van der Waals surface area contributed by atoms with Crippen molar-refractivity contribution < 1.29 is 14.7 Å². The van der Waals surface area contributed by atoms with Crippen molar-refractivity contribution in [3.8, 4) is 0 Å². The van der Waals surface area contributed by atoms with E-state index in [9.17, 15) is 19.6 Å². The summed E-state index contributed by atoms with van der Waals surface area (Å²) in [7, 11) is 0. The fourth-order valence-corrected chi connectivity index (χ4v) is 3.31. The van der Waals surface area contributed by atoms with Crippen molar-refractivity contribution in [2.45, 2.75) is 58.8 Å². The molecule has 0 saturated heterocycles. The van der Waals surface area contributed by atoms with Crippen molar-refractivity contribution in [2.75, 3.05) is 0 Å². The smallest absolute Gasteiger partial charge is 0.226 e. The fourth-order valence-electron chi connectivity index (χ4n) is 3.31. The lowest BCUT2D eigenvalue weighted by molar-refractivity contribution is -0.118. The Bertz CT molecular complexity index is 625. The van der Waals surface area contributed by atoms with Gasteiger partial charge in [-0.2, -0.15) is 0 Å². The van der Waals surface area contributed by atoms with Gasteiger partial charge in [-0.15, -0.1) is 4.91 Å². The van der Waals surface area contributed by atoms with E-state index in [-0.39, 0.29) is 22.8 Å². The quantitative estimate of drug-likeness (QED) is 0.342. The van der Waals surface area contributed by atoms with Gasteiger partial charge in [0.25, 0.3) is 0 Å². The van der Waals surface area contributed by atoms with Crippen molar-refractivity contribution in [2.24, 2.45) is 11.1 Å². The minimum Gasteiger partial charge on any atom is -0.504 e. The second-order valence-electron chi connectivity index (χ2n) is 6.31. The molecule has 0 aliphatic heterocycles. The van der Waals surface area contributed by atoms with Crippen molar-refractivity contribution in [1.82, 2.24) is 0 Å². The van der Waals surface area contributed by atoms with E-state index in [0.717, 1.165) is 31.3 Å². The molecular weight excluding hydrogens is 294 g/mol. The SMILES string of the molecule is CCCCCC1=C(N=O)C(=O)C([C@@H]2C=C(C)CCC2)=C(O)C1=O. The van der Waals surface area contributed by atoms with E-state index in [1.165, 1.54) is 0 Å². The number of nitrogens with zero attached hydrogens (tertiary/aromatic N) is 1. The van der Waals surface area contributed by atoms with Gasteiger partial charge < -0.3 is 5.11 Å². The molecule has 0 amide bonds. The van der Waals surface area contributed by atoms with E-state index in [2.05, 4.69) is 5.18 Å². The molecule has 0 aromatic rings. The third-order valence-electron chi connectivity index (χ3n) is 4.55. The maximum atomic E-state index is 12.6. The van der Waals surface area contributed by atoms with Gasteiger partial charge in [-0.1, -0.05) is 31.4 Å². The van der Waals surface area contributed by atoms with Crippen LogP contribution in [0, 0.1) is 10.8 Å². The summed E-state index contributed by atoms with van der Waals surface area (Å²) in [6, 6.07) is 0. The van der Waals surface area contributed by atoms with Crippen LogP contribution in [0.1, 0.15) is 58.8 Å². The predicted octanol–water partition coefficient (Wildman–Crippen LogP) is 4.30. The number of Topliss-reactive ketones (excluding diaryl/α,β-unsaturated/α-hetero) is 2. The normalized spacial score (nSPS) is 22.5. The van der Waals surface area contributed by atoms with Crippen molar-refractivity contribution in [1.29, 1.82) is 0 Å². The zero-order valence-electron chi connectivity index (χ0n) is 13.7. The van der Waals surface area contributed by atoms with Crippen LogP contribution >= 0.6 is 0 Å². The molecule has 0 saturated carbocycles. The zero-order chi connectivity index (χ0) is 17.0.